The Morgan fingerprint density at radius 2 is 1.89 bits per heavy atom. The average Bonchev–Trinajstić information content (AvgIpc) is 2.39. The van der Waals surface area contributed by atoms with Crippen molar-refractivity contribution in [2.24, 2.45) is 0 Å². The molecule has 0 aliphatic heterocycles. The molecule has 2 aromatic rings. The first-order valence-corrected chi connectivity index (χ1v) is 5.47. The van der Waals surface area contributed by atoms with Gasteiger partial charge in [-0.05, 0) is 13.0 Å². The zero-order chi connectivity index (χ0) is 13.1. The third-order valence-electron chi connectivity index (χ3n) is 2.62. The molecule has 0 amide bonds. The van der Waals surface area contributed by atoms with Gasteiger partial charge in [-0.1, -0.05) is 30.3 Å². The molecular weight excluding hydrogens is 232 g/mol. The smallest absolute Gasteiger partial charge is 0.328 e. The van der Waals surface area contributed by atoms with Crippen LogP contribution >= 0.6 is 0 Å². The van der Waals surface area contributed by atoms with Crippen LogP contribution in [0.4, 0.5) is 0 Å². The van der Waals surface area contributed by atoms with Crippen LogP contribution in [0.15, 0.2) is 47.3 Å². The normalized spacial score (nSPS) is 12.1. The Kier molecular flexibility index (Phi) is 3.23. The SMILES string of the molecule is C[C@H](C(=O)O)n1nc(-c2ccccc2)ccc1=O. The molecule has 0 unspecified atom stereocenters. The molecule has 1 aromatic carbocycles. The summed E-state index contributed by atoms with van der Waals surface area (Å²) in [6.45, 7) is 1.42. The highest BCUT2D eigenvalue weighted by Gasteiger charge is 2.16. The number of carboxylic acid groups (broad SMARTS) is 1. The number of hydrogen-bond donors (Lipinski definition) is 1. The predicted octanol–water partition coefficient (Wildman–Crippen LogP) is 1.56. The Bertz CT molecular complexity index is 620. The van der Waals surface area contributed by atoms with Gasteiger partial charge in [-0.25, -0.2) is 9.48 Å². The van der Waals surface area contributed by atoms with E-state index in [1.54, 1.807) is 6.07 Å². The lowest BCUT2D eigenvalue weighted by Gasteiger charge is -2.10. The predicted molar refractivity (Wildman–Crippen MR) is 66.3 cm³/mol. The number of carbonyl (C=O) groups is 1. The molecule has 0 radical (unpaired) electrons. The molecule has 1 N–H and O–H groups in total. The van der Waals surface area contributed by atoms with Gasteiger partial charge in [0, 0.05) is 11.6 Å². The second-order valence-corrected chi connectivity index (χ2v) is 3.88. The van der Waals surface area contributed by atoms with Crippen LogP contribution in [-0.2, 0) is 4.79 Å². The Morgan fingerprint density at radius 1 is 1.22 bits per heavy atom. The molecule has 0 aliphatic rings. The maximum absolute atomic E-state index is 11.6. The van der Waals surface area contributed by atoms with Crippen molar-refractivity contribution in [2.45, 2.75) is 13.0 Å². The summed E-state index contributed by atoms with van der Waals surface area (Å²) in [7, 11) is 0. The minimum absolute atomic E-state index is 0.426. The third-order valence-corrected chi connectivity index (χ3v) is 2.62. The molecule has 92 valence electrons. The van der Waals surface area contributed by atoms with E-state index in [1.807, 2.05) is 30.3 Å². The van der Waals surface area contributed by atoms with Gasteiger partial charge in [-0.3, -0.25) is 4.79 Å². The number of rotatable bonds is 3. The first kappa shape index (κ1) is 12.0. The van der Waals surface area contributed by atoms with E-state index >= 15 is 0 Å². The Labute approximate surface area is 103 Å². The number of nitrogens with zero attached hydrogens (tertiary/aromatic N) is 2. The van der Waals surface area contributed by atoms with Gasteiger partial charge in [0.05, 0.1) is 5.69 Å². The van der Waals surface area contributed by atoms with Crippen molar-refractivity contribution in [2.75, 3.05) is 0 Å². The van der Waals surface area contributed by atoms with E-state index in [0.29, 0.717) is 5.69 Å². The molecule has 1 atom stereocenters. The van der Waals surface area contributed by atoms with Gasteiger partial charge in [-0.15, -0.1) is 0 Å². The second kappa shape index (κ2) is 4.83. The maximum atomic E-state index is 11.6. The summed E-state index contributed by atoms with van der Waals surface area (Å²) < 4.78 is 0.977. The highest BCUT2D eigenvalue weighted by Crippen LogP contribution is 2.15. The summed E-state index contributed by atoms with van der Waals surface area (Å²) in [4.78, 5) is 22.5. The van der Waals surface area contributed by atoms with Gasteiger partial charge in [0.25, 0.3) is 5.56 Å². The Morgan fingerprint density at radius 3 is 2.50 bits per heavy atom. The fourth-order valence-corrected chi connectivity index (χ4v) is 1.57. The lowest BCUT2D eigenvalue weighted by molar-refractivity contribution is -0.140. The first-order valence-electron chi connectivity index (χ1n) is 5.47. The quantitative estimate of drug-likeness (QED) is 0.889. The summed E-state index contributed by atoms with van der Waals surface area (Å²) in [5.74, 6) is -1.09. The topological polar surface area (TPSA) is 72.2 Å². The van der Waals surface area contributed by atoms with Gasteiger partial charge in [0.2, 0.25) is 0 Å². The van der Waals surface area contributed by atoms with Crippen molar-refractivity contribution in [3.63, 3.8) is 0 Å². The van der Waals surface area contributed by atoms with Gasteiger partial charge in [0.1, 0.15) is 0 Å². The van der Waals surface area contributed by atoms with Crippen LogP contribution in [-0.4, -0.2) is 20.9 Å². The lowest BCUT2D eigenvalue weighted by Crippen LogP contribution is -2.29. The molecule has 0 bridgehead atoms. The number of hydrogen-bond acceptors (Lipinski definition) is 3. The zero-order valence-electron chi connectivity index (χ0n) is 9.78. The van der Waals surface area contributed by atoms with E-state index < -0.39 is 17.6 Å². The molecular formula is C13H12N2O3. The van der Waals surface area contributed by atoms with Crippen LogP contribution in [0, 0.1) is 0 Å². The van der Waals surface area contributed by atoms with Crippen molar-refractivity contribution in [3.05, 3.63) is 52.8 Å². The Hall–Kier alpha value is -2.43. The summed E-state index contributed by atoms with van der Waals surface area (Å²) in [5, 5.41) is 13.0. The van der Waals surface area contributed by atoms with Crippen LogP contribution in [0.2, 0.25) is 0 Å². The minimum atomic E-state index is -1.09. The largest absolute Gasteiger partial charge is 0.480 e. The van der Waals surface area contributed by atoms with Crippen LogP contribution in [0.5, 0.6) is 0 Å². The van der Waals surface area contributed by atoms with Crippen molar-refractivity contribution in [3.8, 4) is 11.3 Å². The van der Waals surface area contributed by atoms with Gasteiger partial charge in [-0.2, -0.15) is 5.10 Å². The highest BCUT2D eigenvalue weighted by atomic mass is 16.4. The van der Waals surface area contributed by atoms with Crippen LogP contribution < -0.4 is 5.56 Å². The average molecular weight is 244 g/mol. The third kappa shape index (κ3) is 2.29. The van der Waals surface area contributed by atoms with Crippen molar-refractivity contribution in [1.82, 2.24) is 9.78 Å². The molecule has 1 heterocycles. The van der Waals surface area contributed by atoms with Gasteiger partial charge < -0.3 is 5.11 Å². The summed E-state index contributed by atoms with van der Waals surface area (Å²) in [6, 6.07) is 11.2. The van der Waals surface area contributed by atoms with Gasteiger partial charge >= 0.3 is 5.97 Å². The van der Waals surface area contributed by atoms with E-state index in [4.69, 9.17) is 5.11 Å². The van der Waals surface area contributed by atoms with E-state index in [9.17, 15) is 9.59 Å². The van der Waals surface area contributed by atoms with Crippen molar-refractivity contribution >= 4 is 5.97 Å². The second-order valence-electron chi connectivity index (χ2n) is 3.88. The molecule has 5 heteroatoms. The fraction of sp³-hybridized carbons (Fsp3) is 0.154. The van der Waals surface area contributed by atoms with Crippen LogP contribution in [0.1, 0.15) is 13.0 Å². The first-order chi connectivity index (χ1) is 8.59. The van der Waals surface area contributed by atoms with Crippen molar-refractivity contribution < 1.29 is 9.90 Å². The summed E-state index contributed by atoms with van der Waals surface area (Å²) in [6.07, 6.45) is 0. The van der Waals surface area contributed by atoms with Crippen LogP contribution in [0.25, 0.3) is 11.3 Å². The monoisotopic (exact) mass is 244 g/mol. The van der Waals surface area contributed by atoms with E-state index in [-0.39, 0.29) is 0 Å². The number of carboxylic acids is 1. The molecule has 0 fully saturated rings. The summed E-state index contributed by atoms with van der Waals surface area (Å²) >= 11 is 0. The summed E-state index contributed by atoms with van der Waals surface area (Å²) in [5.41, 5.74) is 0.983. The molecule has 0 spiro atoms. The fourth-order valence-electron chi connectivity index (χ4n) is 1.57. The van der Waals surface area contributed by atoms with Gasteiger partial charge in [0.15, 0.2) is 6.04 Å². The molecule has 0 aliphatic carbocycles. The van der Waals surface area contributed by atoms with E-state index in [0.717, 1.165) is 10.2 Å². The molecule has 5 nitrogen and oxygen atoms in total. The van der Waals surface area contributed by atoms with E-state index in [1.165, 1.54) is 13.0 Å². The number of aliphatic carboxylic acids is 1. The highest BCUT2D eigenvalue weighted by molar-refractivity contribution is 5.71. The number of benzene rings is 1. The standard InChI is InChI=1S/C13H12N2O3/c1-9(13(17)18)15-12(16)8-7-11(14-15)10-5-3-2-4-6-10/h2-9H,1H3,(H,17,18)/t9-/m1/s1. The molecule has 0 saturated heterocycles. The lowest BCUT2D eigenvalue weighted by atomic mass is 10.1. The molecule has 18 heavy (non-hydrogen) atoms. The Balaban J connectivity index is 2.51. The molecule has 1 aromatic heterocycles. The molecule has 0 saturated carbocycles. The maximum Gasteiger partial charge on any atom is 0.328 e. The number of aromatic nitrogens is 2. The minimum Gasteiger partial charge on any atom is -0.480 e. The zero-order valence-corrected chi connectivity index (χ0v) is 9.78. The van der Waals surface area contributed by atoms with Crippen LogP contribution in [0.3, 0.4) is 0 Å². The van der Waals surface area contributed by atoms with Crippen molar-refractivity contribution in [1.29, 1.82) is 0 Å². The van der Waals surface area contributed by atoms with E-state index in [2.05, 4.69) is 5.10 Å². The molecule has 2 rings (SSSR count).